The second-order valence-electron chi connectivity index (χ2n) is 6.63. The highest BCUT2D eigenvalue weighted by Gasteiger charge is 2.37. The number of hydrogen-bond donors (Lipinski definition) is 2. The number of aromatic amines is 1. The number of halogens is 3. The van der Waals surface area contributed by atoms with Crippen LogP contribution in [-0.2, 0) is 6.18 Å². The first-order chi connectivity index (χ1) is 14.3. The van der Waals surface area contributed by atoms with E-state index < -0.39 is 11.1 Å². The van der Waals surface area contributed by atoms with E-state index in [2.05, 4.69) is 9.97 Å². The summed E-state index contributed by atoms with van der Waals surface area (Å²) in [5.41, 5.74) is 1.62. The molecule has 0 spiro atoms. The van der Waals surface area contributed by atoms with Crippen LogP contribution in [0.5, 0.6) is 11.5 Å². The number of aromatic hydroxyl groups is 1. The SMILES string of the molecule is COc1ccc2sc(C(F)(F)F)c(-c3cnc(-c4c[nH]c5cc(O)ccc45)s3)c2c1. The van der Waals surface area contributed by atoms with Gasteiger partial charge in [-0.05, 0) is 30.3 Å². The molecule has 152 valence electrons. The average Bonchev–Trinajstić information content (AvgIpc) is 3.42. The van der Waals surface area contributed by atoms with Crippen molar-refractivity contribution < 1.29 is 23.0 Å². The zero-order valence-corrected chi connectivity index (χ0v) is 17.0. The quantitative estimate of drug-likeness (QED) is 0.317. The molecule has 0 radical (unpaired) electrons. The van der Waals surface area contributed by atoms with Gasteiger partial charge >= 0.3 is 6.18 Å². The molecule has 0 amide bonds. The number of ether oxygens (including phenoxy) is 1. The first kappa shape index (κ1) is 19.0. The Labute approximate surface area is 176 Å². The molecule has 0 saturated heterocycles. The van der Waals surface area contributed by atoms with E-state index in [4.69, 9.17) is 4.74 Å². The maximum absolute atomic E-state index is 13.8. The topological polar surface area (TPSA) is 58.1 Å². The van der Waals surface area contributed by atoms with Gasteiger partial charge in [0.05, 0.1) is 12.0 Å². The van der Waals surface area contributed by atoms with Gasteiger partial charge in [-0.1, -0.05) is 0 Å². The van der Waals surface area contributed by atoms with E-state index in [-0.39, 0.29) is 11.3 Å². The van der Waals surface area contributed by atoms with E-state index in [1.54, 1.807) is 42.6 Å². The average molecular weight is 446 g/mol. The van der Waals surface area contributed by atoms with Crippen molar-refractivity contribution in [3.63, 3.8) is 0 Å². The van der Waals surface area contributed by atoms with Crippen LogP contribution in [0.1, 0.15) is 4.88 Å². The van der Waals surface area contributed by atoms with E-state index in [1.807, 2.05) is 0 Å². The minimum absolute atomic E-state index is 0.127. The summed E-state index contributed by atoms with van der Waals surface area (Å²) in [6.07, 6.45) is -1.25. The van der Waals surface area contributed by atoms with Crippen molar-refractivity contribution in [2.75, 3.05) is 7.11 Å². The van der Waals surface area contributed by atoms with Gasteiger partial charge in [-0.15, -0.1) is 22.7 Å². The van der Waals surface area contributed by atoms with Gasteiger partial charge in [-0.2, -0.15) is 13.2 Å². The number of H-pyrrole nitrogens is 1. The predicted molar refractivity (Wildman–Crippen MR) is 113 cm³/mol. The number of nitrogens with one attached hydrogen (secondary N) is 1. The zero-order chi connectivity index (χ0) is 21.0. The molecule has 0 fully saturated rings. The number of alkyl halides is 3. The van der Waals surface area contributed by atoms with Gasteiger partial charge in [0.2, 0.25) is 0 Å². The van der Waals surface area contributed by atoms with Crippen LogP contribution < -0.4 is 4.74 Å². The van der Waals surface area contributed by atoms with Crippen molar-refractivity contribution in [1.29, 1.82) is 0 Å². The molecule has 5 aromatic rings. The molecule has 0 unspecified atom stereocenters. The number of methoxy groups -OCH3 is 1. The van der Waals surface area contributed by atoms with Gasteiger partial charge in [0.15, 0.2) is 0 Å². The lowest BCUT2D eigenvalue weighted by molar-refractivity contribution is -0.133. The third-order valence-electron chi connectivity index (χ3n) is 4.80. The molecule has 30 heavy (non-hydrogen) atoms. The fourth-order valence-electron chi connectivity index (χ4n) is 3.45. The fraction of sp³-hybridized carbons (Fsp3) is 0.0952. The van der Waals surface area contributed by atoms with Gasteiger partial charge < -0.3 is 14.8 Å². The summed E-state index contributed by atoms with van der Waals surface area (Å²) in [5.74, 6) is 0.626. The van der Waals surface area contributed by atoms with E-state index >= 15 is 0 Å². The lowest BCUT2D eigenvalue weighted by atomic mass is 10.1. The number of nitrogens with zero attached hydrogens (tertiary/aromatic N) is 1. The second-order valence-corrected chi connectivity index (χ2v) is 8.71. The van der Waals surface area contributed by atoms with E-state index in [9.17, 15) is 18.3 Å². The van der Waals surface area contributed by atoms with Crippen LogP contribution in [0.4, 0.5) is 13.2 Å². The monoisotopic (exact) mass is 446 g/mol. The van der Waals surface area contributed by atoms with E-state index in [0.717, 1.165) is 27.8 Å². The molecule has 9 heteroatoms. The molecule has 5 rings (SSSR count). The van der Waals surface area contributed by atoms with E-state index in [1.165, 1.54) is 24.6 Å². The molecule has 3 aromatic heterocycles. The molecule has 3 heterocycles. The zero-order valence-electron chi connectivity index (χ0n) is 15.4. The normalized spacial score (nSPS) is 12.1. The minimum Gasteiger partial charge on any atom is -0.508 e. The van der Waals surface area contributed by atoms with Crippen LogP contribution >= 0.6 is 22.7 Å². The van der Waals surface area contributed by atoms with Crippen molar-refractivity contribution >= 4 is 43.7 Å². The molecule has 0 bridgehead atoms. The molecule has 0 aliphatic carbocycles. The summed E-state index contributed by atoms with van der Waals surface area (Å²) < 4.78 is 47.2. The molecule has 0 aliphatic heterocycles. The lowest BCUT2D eigenvalue weighted by Gasteiger charge is -2.06. The van der Waals surface area contributed by atoms with Crippen molar-refractivity contribution in [2.45, 2.75) is 6.18 Å². The van der Waals surface area contributed by atoms with Crippen LogP contribution in [-0.4, -0.2) is 22.2 Å². The summed E-state index contributed by atoms with van der Waals surface area (Å²) in [4.78, 5) is 7.25. The highest BCUT2D eigenvalue weighted by Crippen LogP contribution is 2.49. The summed E-state index contributed by atoms with van der Waals surface area (Å²) in [6, 6.07) is 9.84. The Morgan fingerprint density at radius 2 is 1.90 bits per heavy atom. The largest absolute Gasteiger partial charge is 0.508 e. The van der Waals surface area contributed by atoms with Crippen LogP contribution in [0, 0.1) is 0 Å². The number of rotatable bonds is 3. The highest BCUT2D eigenvalue weighted by atomic mass is 32.1. The van der Waals surface area contributed by atoms with Gasteiger partial charge in [-0.25, -0.2) is 4.98 Å². The molecule has 0 atom stereocenters. The number of fused-ring (bicyclic) bond motifs is 2. The van der Waals surface area contributed by atoms with Crippen molar-refractivity contribution in [1.82, 2.24) is 9.97 Å². The van der Waals surface area contributed by atoms with Gasteiger partial charge in [0.1, 0.15) is 21.4 Å². The highest BCUT2D eigenvalue weighted by molar-refractivity contribution is 7.22. The number of thiophene rings is 1. The minimum atomic E-state index is -4.48. The first-order valence-electron chi connectivity index (χ1n) is 8.79. The van der Waals surface area contributed by atoms with Crippen LogP contribution in [0.15, 0.2) is 48.8 Å². The number of phenols is 1. The predicted octanol–water partition coefficient (Wildman–Crippen LogP) is 6.91. The Kier molecular flexibility index (Phi) is 4.26. The van der Waals surface area contributed by atoms with E-state index in [0.29, 0.717) is 25.7 Å². The smallest absolute Gasteiger partial charge is 0.426 e. The molecule has 0 saturated carbocycles. The Balaban J connectivity index is 1.70. The van der Waals surface area contributed by atoms with Gasteiger partial charge in [0.25, 0.3) is 0 Å². The van der Waals surface area contributed by atoms with Gasteiger partial charge in [0, 0.05) is 50.6 Å². The summed E-state index contributed by atoms with van der Waals surface area (Å²) >= 11 is 1.92. The summed E-state index contributed by atoms with van der Waals surface area (Å²) in [7, 11) is 1.48. The van der Waals surface area contributed by atoms with Crippen LogP contribution in [0.25, 0.3) is 42.0 Å². The number of hydrogen-bond acceptors (Lipinski definition) is 5. The first-order valence-corrected chi connectivity index (χ1v) is 10.4. The number of benzene rings is 2. The standard InChI is InChI=1S/C21H13F3N2O2S2/c1-28-11-3-5-16-13(7-11)18(19(29-16)21(22,23)24)17-9-26-20(30-17)14-8-25-15-6-10(27)2-4-12(14)15/h2-9,25,27H,1H3. The molecule has 2 aromatic carbocycles. The van der Waals surface area contributed by atoms with Crippen LogP contribution in [0.3, 0.4) is 0 Å². The number of aromatic nitrogens is 2. The molecule has 2 N–H and O–H groups in total. The lowest BCUT2D eigenvalue weighted by Crippen LogP contribution is -2.03. The maximum atomic E-state index is 13.8. The summed E-state index contributed by atoms with van der Waals surface area (Å²) in [6.45, 7) is 0. The second kappa shape index (κ2) is 6.75. The van der Waals surface area contributed by atoms with Crippen LogP contribution in [0.2, 0.25) is 0 Å². The molecular weight excluding hydrogens is 433 g/mol. The number of phenolic OH excluding ortho intramolecular Hbond substituents is 1. The Morgan fingerprint density at radius 3 is 2.67 bits per heavy atom. The molecule has 4 nitrogen and oxygen atoms in total. The number of thiazole rings is 1. The summed E-state index contributed by atoms with van der Waals surface area (Å²) in [5, 5.41) is 11.6. The molecule has 0 aliphatic rings. The Hall–Kier alpha value is -3.04. The Morgan fingerprint density at radius 1 is 1.07 bits per heavy atom. The van der Waals surface area contributed by atoms with Crippen molar-refractivity contribution in [2.24, 2.45) is 0 Å². The maximum Gasteiger partial charge on any atom is 0.426 e. The van der Waals surface area contributed by atoms with Crippen molar-refractivity contribution in [3.05, 3.63) is 53.7 Å². The fourth-order valence-corrected chi connectivity index (χ4v) is 5.59. The third-order valence-corrected chi connectivity index (χ3v) is 7.06. The molecular formula is C21H13F3N2O2S2. The Bertz CT molecular complexity index is 1400. The van der Waals surface area contributed by atoms with Gasteiger partial charge in [-0.3, -0.25) is 0 Å². The third kappa shape index (κ3) is 3.01. The van der Waals surface area contributed by atoms with Crippen molar-refractivity contribution in [3.8, 4) is 32.5 Å².